The number of halogens is 1. The van der Waals surface area contributed by atoms with E-state index < -0.39 is 11.8 Å². The minimum atomic E-state index is -1.19. The molecule has 0 aliphatic carbocycles. The number of anilines is 2. The molecule has 21 heavy (non-hydrogen) atoms. The topological polar surface area (TPSA) is 75.1 Å². The number of benzene rings is 1. The van der Waals surface area contributed by atoms with Gasteiger partial charge < -0.3 is 10.4 Å². The van der Waals surface area contributed by atoms with E-state index in [1.165, 1.54) is 12.3 Å². The number of carboxylic acid groups (broad SMARTS) is 1. The molecule has 0 saturated carbocycles. The van der Waals surface area contributed by atoms with Crippen LogP contribution in [-0.2, 0) is 0 Å². The van der Waals surface area contributed by atoms with Crippen molar-refractivity contribution in [2.75, 3.05) is 5.32 Å². The van der Waals surface area contributed by atoms with Gasteiger partial charge in [0, 0.05) is 5.92 Å². The number of aromatic nitrogens is 2. The average molecular weight is 289 g/mol. The number of rotatable bonds is 4. The summed E-state index contributed by atoms with van der Waals surface area (Å²) in [4.78, 5) is 19.4. The molecule has 6 heteroatoms. The maximum Gasteiger partial charge on any atom is 0.356 e. The predicted molar refractivity (Wildman–Crippen MR) is 77.5 cm³/mol. The number of nitrogens with zero attached hydrogens (tertiary/aromatic N) is 2. The van der Waals surface area contributed by atoms with Crippen LogP contribution in [0.1, 0.15) is 41.6 Å². The highest BCUT2D eigenvalue weighted by Gasteiger charge is 2.16. The fourth-order valence-corrected chi connectivity index (χ4v) is 1.79. The molecule has 1 aromatic heterocycles. The van der Waals surface area contributed by atoms with Gasteiger partial charge in [0.1, 0.15) is 11.6 Å². The lowest BCUT2D eigenvalue weighted by Gasteiger charge is -2.12. The van der Waals surface area contributed by atoms with Crippen molar-refractivity contribution in [3.05, 3.63) is 47.3 Å². The van der Waals surface area contributed by atoms with Gasteiger partial charge in [-0.05, 0) is 24.6 Å². The van der Waals surface area contributed by atoms with Crippen LogP contribution in [0.15, 0.2) is 24.4 Å². The molecule has 2 aromatic rings. The maximum atomic E-state index is 13.8. The third kappa shape index (κ3) is 3.34. The third-order valence-electron chi connectivity index (χ3n) is 2.92. The van der Waals surface area contributed by atoms with Crippen molar-refractivity contribution in [2.24, 2.45) is 0 Å². The van der Waals surface area contributed by atoms with E-state index in [9.17, 15) is 14.3 Å². The summed E-state index contributed by atoms with van der Waals surface area (Å²) in [5.41, 5.74) is 0.954. The number of hydrogen-bond acceptors (Lipinski definition) is 4. The standard InChI is InChI=1S/C15H16FN3O2/c1-8(2)14-17-7-12(13(19-14)15(20)21)18-11-5-4-9(3)6-10(11)16/h4-8,18H,1-3H3,(H,20,21). The Morgan fingerprint density at radius 2 is 2.05 bits per heavy atom. The largest absolute Gasteiger partial charge is 0.476 e. The van der Waals surface area contributed by atoms with Gasteiger partial charge in [0.15, 0.2) is 5.69 Å². The van der Waals surface area contributed by atoms with E-state index >= 15 is 0 Å². The van der Waals surface area contributed by atoms with E-state index in [1.807, 2.05) is 13.8 Å². The highest BCUT2D eigenvalue weighted by atomic mass is 19.1. The van der Waals surface area contributed by atoms with Crippen molar-refractivity contribution in [2.45, 2.75) is 26.7 Å². The minimum Gasteiger partial charge on any atom is -0.476 e. The molecule has 0 atom stereocenters. The summed E-state index contributed by atoms with van der Waals surface area (Å²) in [7, 11) is 0. The zero-order chi connectivity index (χ0) is 15.6. The Bertz CT molecular complexity index is 687. The van der Waals surface area contributed by atoms with Gasteiger partial charge in [0.2, 0.25) is 0 Å². The summed E-state index contributed by atoms with van der Waals surface area (Å²) >= 11 is 0. The summed E-state index contributed by atoms with van der Waals surface area (Å²) in [5.74, 6) is -1.20. The van der Waals surface area contributed by atoms with E-state index in [2.05, 4.69) is 15.3 Å². The normalized spacial score (nSPS) is 10.7. The van der Waals surface area contributed by atoms with Gasteiger partial charge in [-0.25, -0.2) is 19.2 Å². The van der Waals surface area contributed by atoms with Crippen LogP contribution in [0.3, 0.4) is 0 Å². The Balaban J connectivity index is 2.41. The molecule has 0 amide bonds. The van der Waals surface area contributed by atoms with Crippen molar-refractivity contribution in [3.63, 3.8) is 0 Å². The summed E-state index contributed by atoms with van der Waals surface area (Å²) in [6.07, 6.45) is 1.37. The quantitative estimate of drug-likeness (QED) is 0.901. The number of nitrogens with one attached hydrogen (secondary N) is 1. The molecule has 1 heterocycles. The Morgan fingerprint density at radius 1 is 1.33 bits per heavy atom. The molecule has 0 unspecified atom stereocenters. The van der Waals surface area contributed by atoms with Crippen LogP contribution >= 0.6 is 0 Å². The summed E-state index contributed by atoms with van der Waals surface area (Å²) in [5, 5.41) is 12.0. The molecule has 5 nitrogen and oxygen atoms in total. The van der Waals surface area contributed by atoms with E-state index in [-0.39, 0.29) is 23.0 Å². The fourth-order valence-electron chi connectivity index (χ4n) is 1.79. The Morgan fingerprint density at radius 3 is 2.62 bits per heavy atom. The number of carbonyl (C=O) groups is 1. The first kappa shape index (κ1) is 14.9. The van der Waals surface area contributed by atoms with Crippen LogP contribution in [0.5, 0.6) is 0 Å². The lowest BCUT2D eigenvalue weighted by molar-refractivity contribution is 0.0691. The second-order valence-corrected chi connectivity index (χ2v) is 5.06. The fraction of sp³-hybridized carbons (Fsp3) is 0.267. The van der Waals surface area contributed by atoms with Crippen LogP contribution in [0.25, 0.3) is 0 Å². The SMILES string of the molecule is Cc1ccc(Nc2cnc(C(C)C)nc2C(=O)O)c(F)c1. The zero-order valence-electron chi connectivity index (χ0n) is 12.0. The van der Waals surface area contributed by atoms with Gasteiger partial charge in [0.05, 0.1) is 17.6 Å². The van der Waals surface area contributed by atoms with Gasteiger partial charge in [-0.15, -0.1) is 0 Å². The highest BCUT2D eigenvalue weighted by Crippen LogP contribution is 2.23. The van der Waals surface area contributed by atoms with Crippen molar-refractivity contribution in [1.29, 1.82) is 0 Å². The number of carboxylic acids is 1. The minimum absolute atomic E-state index is 0.00765. The monoisotopic (exact) mass is 289 g/mol. The van der Waals surface area contributed by atoms with Crippen molar-refractivity contribution < 1.29 is 14.3 Å². The van der Waals surface area contributed by atoms with Gasteiger partial charge in [0.25, 0.3) is 0 Å². The van der Waals surface area contributed by atoms with Gasteiger partial charge in [-0.3, -0.25) is 0 Å². The van der Waals surface area contributed by atoms with E-state index in [0.29, 0.717) is 5.82 Å². The predicted octanol–water partition coefficient (Wildman–Crippen LogP) is 3.49. The third-order valence-corrected chi connectivity index (χ3v) is 2.92. The van der Waals surface area contributed by atoms with Crippen molar-refractivity contribution in [3.8, 4) is 0 Å². The van der Waals surface area contributed by atoms with Crippen LogP contribution in [0.2, 0.25) is 0 Å². The molecular weight excluding hydrogens is 273 g/mol. The molecule has 1 aromatic carbocycles. The van der Waals surface area contributed by atoms with E-state index in [4.69, 9.17) is 0 Å². The second kappa shape index (κ2) is 5.87. The Hall–Kier alpha value is -2.50. The van der Waals surface area contributed by atoms with Gasteiger partial charge in [-0.2, -0.15) is 0 Å². The second-order valence-electron chi connectivity index (χ2n) is 5.06. The highest BCUT2D eigenvalue weighted by molar-refractivity contribution is 5.92. The number of hydrogen-bond donors (Lipinski definition) is 2. The molecule has 0 saturated heterocycles. The zero-order valence-corrected chi connectivity index (χ0v) is 12.0. The molecule has 2 N–H and O–H groups in total. The van der Waals surface area contributed by atoms with Gasteiger partial charge in [-0.1, -0.05) is 19.9 Å². The smallest absolute Gasteiger partial charge is 0.356 e. The summed E-state index contributed by atoms with van der Waals surface area (Å²) in [6, 6.07) is 4.65. The lowest BCUT2D eigenvalue weighted by Crippen LogP contribution is -2.10. The maximum absolute atomic E-state index is 13.8. The first-order valence-corrected chi connectivity index (χ1v) is 6.52. The molecule has 0 aliphatic rings. The lowest BCUT2D eigenvalue weighted by atomic mass is 10.2. The molecule has 110 valence electrons. The van der Waals surface area contributed by atoms with Crippen LogP contribution < -0.4 is 5.32 Å². The molecule has 0 fully saturated rings. The molecular formula is C15H16FN3O2. The molecule has 0 spiro atoms. The average Bonchev–Trinajstić information content (AvgIpc) is 2.41. The van der Waals surface area contributed by atoms with Crippen LogP contribution in [0, 0.1) is 12.7 Å². The van der Waals surface area contributed by atoms with Crippen molar-refractivity contribution >= 4 is 17.3 Å². The molecule has 0 aliphatic heterocycles. The van der Waals surface area contributed by atoms with Gasteiger partial charge >= 0.3 is 5.97 Å². The van der Waals surface area contributed by atoms with E-state index in [0.717, 1.165) is 5.56 Å². The Kier molecular flexibility index (Phi) is 4.16. The Labute approximate surface area is 121 Å². The first-order chi connectivity index (χ1) is 9.88. The summed E-state index contributed by atoms with van der Waals surface area (Å²) < 4.78 is 13.8. The van der Waals surface area contributed by atoms with Crippen LogP contribution in [0.4, 0.5) is 15.8 Å². The number of aromatic carboxylic acids is 1. The first-order valence-electron chi connectivity index (χ1n) is 6.52. The molecule has 2 rings (SSSR count). The molecule has 0 radical (unpaired) electrons. The van der Waals surface area contributed by atoms with E-state index in [1.54, 1.807) is 19.1 Å². The molecule has 0 bridgehead atoms. The summed E-state index contributed by atoms with van der Waals surface area (Å²) in [6.45, 7) is 5.51. The van der Waals surface area contributed by atoms with Crippen LogP contribution in [-0.4, -0.2) is 21.0 Å². The van der Waals surface area contributed by atoms with Crippen molar-refractivity contribution in [1.82, 2.24) is 9.97 Å². The number of aryl methyl sites for hydroxylation is 1.